The van der Waals surface area contributed by atoms with Gasteiger partial charge in [-0.3, -0.25) is 4.79 Å². The second-order valence-electron chi connectivity index (χ2n) is 6.16. The summed E-state index contributed by atoms with van der Waals surface area (Å²) < 4.78 is 39.1. The van der Waals surface area contributed by atoms with Gasteiger partial charge in [0, 0.05) is 12.5 Å². The Morgan fingerprint density at radius 1 is 1.30 bits per heavy atom. The zero-order valence-electron chi connectivity index (χ0n) is 13.1. The molecule has 0 saturated heterocycles. The molecule has 2 rings (SSSR count). The van der Waals surface area contributed by atoms with E-state index >= 15 is 0 Å². The largest absolute Gasteiger partial charge is 0.392 e. The molecule has 0 spiro atoms. The summed E-state index contributed by atoms with van der Waals surface area (Å²) in [4.78, 5) is 12.2. The fourth-order valence-electron chi connectivity index (χ4n) is 3.24. The molecule has 3 atom stereocenters. The van der Waals surface area contributed by atoms with E-state index in [2.05, 4.69) is 5.32 Å². The summed E-state index contributed by atoms with van der Waals surface area (Å²) in [5, 5.41) is 12.6. The van der Waals surface area contributed by atoms with Crippen LogP contribution in [0.5, 0.6) is 0 Å². The van der Waals surface area contributed by atoms with Gasteiger partial charge in [0.1, 0.15) is 0 Å². The minimum Gasteiger partial charge on any atom is -0.387 e. The zero-order valence-corrected chi connectivity index (χ0v) is 13.1. The molecule has 1 aromatic carbocycles. The third kappa shape index (κ3) is 4.47. The molecular formula is C17H22F3NO2. The molecule has 0 radical (unpaired) electrons. The lowest BCUT2D eigenvalue weighted by Crippen LogP contribution is -2.43. The molecule has 1 fully saturated rings. The van der Waals surface area contributed by atoms with Gasteiger partial charge in [0.25, 0.3) is 0 Å². The van der Waals surface area contributed by atoms with Crippen molar-refractivity contribution < 1.29 is 23.1 Å². The number of hydrogen-bond donors (Lipinski definition) is 2. The molecule has 128 valence electrons. The van der Waals surface area contributed by atoms with Crippen LogP contribution < -0.4 is 5.32 Å². The Balaban J connectivity index is 1.97. The number of halogens is 3. The van der Waals surface area contributed by atoms with E-state index in [1.165, 1.54) is 0 Å². The predicted molar refractivity (Wildman–Crippen MR) is 80.7 cm³/mol. The molecule has 0 heterocycles. The molecule has 0 aliphatic heterocycles. The third-order valence-electron chi connectivity index (χ3n) is 4.54. The number of carbonyl (C=O) groups is 1. The lowest BCUT2D eigenvalue weighted by Gasteiger charge is -2.32. The van der Waals surface area contributed by atoms with Gasteiger partial charge in [-0.2, -0.15) is 13.2 Å². The number of aliphatic hydroxyl groups excluding tert-OH is 1. The van der Waals surface area contributed by atoms with Crippen LogP contribution in [-0.4, -0.2) is 23.7 Å². The van der Waals surface area contributed by atoms with Crippen LogP contribution in [-0.2, 0) is 4.79 Å². The number of alkyl halides is 3. The van der Waals surface area contributed by atoms with Gasteiger partial charge >= 0.3 is 6.18 Å². The summed E-state index contributed by atoms with van der Waals surface area (Å²) in [5.41, 5.74) is 1.55. The Morgan fingerprint density at radius 2 is 1.96 bits per heavy atom. The molecule has 1 amide bonds. The number of amides is 1. The second-order valence-corrected chi connectivity index (χ2v) is 6.16. The van der Waals surface area contributed by atoms with Crippen LogP contribution in [0.4, 0.5) is 13.2 Å². The third-order valence-corrected chi connectivity index (χ3v) is 4.54. The molecule has 0 bridgehead atoms. The van der Waals surface area contributed by atoms with Gasteiger partial charge in [0.15, 0.2) is 0 Å². The topological polar surface area (TPSA) is 49.3 Å². The smallest absolute Gasteiger partial charge is 0.387 e. The van der Waals surface area contributed by atoms with E-state index in [0.717, 1.165) is 5.56 Å². The van der Waals surface area contributed by atoms with E-state index < -0.39 is 30.0 Å². The van der Waals surface area contributed by atoms with Gasteiger partial charge in [0.2, 0.25) is 5.91 Å². The van der Waals surface area contributed by atoms with E-state index in [1.807, 2.05) is 19.1 Å². The standard InChI is InChI=1S/C17H22F3NO2/c1-11-6-2-3-7-12(11)15(22)10-21-16(23)13-8-4-5-9-14(13)17(18,19)20/h2-3,6-7,13-15,22H,4-5,8-10H2,1H3,(H,21,23)/t13-,14-,15+/m0/s1. The molecule has 3 nitrogen and oxygen atoms in total. The number of rotatable bonds is 4. The Bertz CT molecular complexity index is 545. The maximum absolute atomic E-state index is 13.0. The highest BCUT2D eigenvalue weighted by Crippen LogP contribution is 2.41. The molecular weight excluding hydrogens is 307 g/mol. The van der Waals surface area contributed by atoms with Gasteiger partial charge in [-0.1, -0.05) is 37.1 Å². The molecule has 0 unspecified atom stereocenters. The quantitative estimate of drug-likeness (QED) is 0.888. The Hall–Kier alpha value is -1.56. The minimum absolute atomic E-state index is 0.00192. The number of aliphatic hydroxyl groups is 1. The summed E-state index contributed by atoms with van der Waals surface area (Å²) in [5.74, 6) is -3.24. The maximum Gasteiger partial charge on any atom is 0.392 e. The average molecular weight is 329 g/mol. The normalized spacial score (nSPS) is 23.3. The molecule has 1 aliphatic carbocycles. The summed E-state index contributed by atoms with van der Waals surface area (Å²) in [6, 6.07) is 7.18. The van der Waals surface area contributed by atoms with E-state index in [0.29, 0.717) is 18.4 Å². The van der Waals surface area contributed by atoms with Crippen molar-refractivity contribution in [1.29, 1.82) is 0 Å². The van der Waals surface area contributed by atoms with Crippen molar-refractivity contribution in [2.45, 2.75) is 44.9 Å². The molecule has 0 aromatic heterocycles. The number of carbonyl (C=O) groups excluding carboxylic acids is 1. The highest BCUT2D eigenvalue weighted by Gasteiger charge is 2.47. The van der Waals surface area contributed by atoms with E-state index in [9.17, 15) is 23.1 Å². The van der Waals surface area contributed by atoms with Crippen LogP contribution in [0.15, 0.2) is 24.3 Å². The van der Waals surface area contributed by atoms with Gasteiger partial charge in [0.05, 0.1) is 12.0 Å². The highest BCUT2D eigenvalue weighted by atomic mass is 19.4. The summed E-state index contributed by atoms with van der Waals surface area (Å²) in [7, 11) is 0. The van der Waals surface area contributed by atoms with Crippen molar-refractivity contribution in [2.75, 3.05) is 6.54 Å². The molecule has 1 aliphatic rings. The van der Waals surface area contributed by atoms with Gasteiger partial charge in [-0.25, -0.2) is 0 Å². The molecule has 2 N–H and O–H groups in total. The van der Waals surface area contributed by atoms with E-state index in [-0.39, 0.29) is 19.4 Å². The molecule has 1 saturated carbocycles. The highest BCUT2D eigenvalue weighted by molar-refractivity contribution is 5.79. The van der Waals surface area contributed by atoms with Gasteiger partial charge < -0.3 is 10.4 Å². The number of nitrogens with one attached hydrogen (secondary N) is 1. The van der Waals surface area contributed by atoms with Crippen molar-refractivity contribution >= 4 is 5.91 Å². The fourth-order valence-corrected chi connectivity index (χ4v) is 3.24. The van der Waals surface area contributed by atoms with Crippen molar-refractivity contribution in [3.8, 4) is 0 Å². The van der Waals surface area contributed by atoms with Crippen LogP contribution in [0.25, 0.3) is 0 Å². The van der Waals surface area contributed by atoms with Crippen molar-refractivity contribution in [2.24, 2.45) is 11.8 Å². The number of benzene rings is 1. The first-order chi connectivity index (χ1) is 10.8. The first kappa shape index (κ1) is 17.8. The maximum atomic E-state index is 13.0. The van der Waals surface area contributed by atoms with E-state index in [4.69, 9.17) is 0 Å². The van der Waals surface area contributed by atoms with Crippen molar-refractivity contribution in [3.63, 3.8) is 0 Å². The lowest BCUT2D eigenvalue weighted by atomic mass is 9.78. The fraction of sp³-hybridized carbons (Fsp3) is 0.588. The van der Waals surface area contributed by atoms with Crippen LogP contribution in [0.3, 0.4) is 0 Å². The van der Waals surface area contributed by atoms with Crippen LogP contribution >= 0.6 is 0 Å². The van der Waals surface area contributed by atoms with E-state index in [1.54, 1.807) is 12.1 Å². The number of aryl methyl sites for hydroxylation is 1. The second kappa shape index (κ2) is 7.34. The van der Waals surface area contributed by atoms with Crippen molar-refractivity contribution in [3.05, 3.63) is 35.4 Å². The molecule has 1 aromatic rings. The summed E-state index contributed by atoms with van der Waals surface area (Å²) in [6.45, 7) is 1.76. The Labute approximate surface area is 133 Å². The lowest BCUT2D eigenvalue weighted by molar-refractivity contribution is -0.198. The number of hydrogen-bond acceptors (Lipinski definition) is 2. The predicted octanol–water partition coefficient (Wildman–Crippen LogP) is 3.51. The first-order valence-corrected chi connectivity index (χ1v) is 7.88. The average Bonchev–Trinajstić information content (AvgIpc) is 2.52. The zero-order chi connectivity index (χ0) is 17.0. The summed E-state index contributed by atoms with van der Waals surface area (Å²) >= 11 is 0. The Kier molecular flexibility index (Phi) is 5.68. The van der Waals surface area contributed by atoms with Crippen LogP contribution in [0.1, 0.15) is 42.9 Å². The Morgan fingerprint density at radius 3 is 2.61 bits per heavy atom. The van der Waals surface area contributed by atoms with Crippen LogP contribution in [0, 0.1) is 18.8 Å². The monoisotopic (exact) mass is 329 g/mol. The first-order valence-electron chi connectivity index (χ1n) is 7.88. The van der Waals surface area contributed by atoms with Crippen LogP contribution in [0.2, 0.25) is 0 Å². The van der Waals surface area contributed by atoms with Gasteiger partial charge in [-0.15, -0.1) is 0 Å². The minimum atomic E-state index is -4.35. The van der Waals surface area contributed by atoms with Crippen molar-refractivity contribution in [1.82, 2.24) is 5.32 Å². The van der Waals surface area contributed by atoms with Gasteiger partial charge in [-0.05, 0) is 30.9 Å². The SMILES string of the molecule is Cc1ccccc1[C@H](O)CNC(=O)[C@H]1CCCC[C@@H]1C(F)(F)F. The summed E-state index contributed by atoms with van der Waals surface area (Å²) in [6.07, 6.45) is -3.90. The molecule has 6 heteroatoms. The molecule has 23 heavy (non-hydrogen) atoms.